The molecule has 0 saturated carbocycles. The van der Waals surface area contributed by atoms with E-state index in [1.807, 2.05) is 36.4 Å². The maximum Gasteiger partial charge on any atom is 0.328 e. The molecule has 1 N–H and O–H groups in total. The molecule has 128 valence electrons. The van der Waals surface area contributed by atoms with E-state index in [1.54, 1.807) is 6.92 Å². The molecule has 0 aromatic heterocycles. The minimum Gasteiger partial charge on any atom is -0.493 e. The van der Waals surface area contributed by atoms with Gasteiger partial charge in [0.1, 0.15) is 12.4 Å². The number of fused-ring (bicyclic) bond motifs is 1. The van der Waals surface area contributed by atoms with Gasteiger partial charge in [0, 0.05) is 12.0 Å². The smallest absolute Gasteiger partial charge is 0.328 e. The molecule has 0 radical (unpaired) electrons. The normalized spacial score (nSPS) is 23.3. The van der Waals surface area contributed by atoms with Crippen LogP contribution in [0.15, 0.2) is 83.7 Å². The number of carbonyl (C=O) groups is 1. The third-order valence-corrected chi connectivity index (χ3v) is 4.54. The topological polar surface area (TPSA) is 46.5 Å². The van der Waals surface area contributed by atoms with Crippen LogP contribution in [0.5, 0.6) is 0 Å². The van der Waals surface area contributed by atoms with Crippen molar-refractivity contribution in [3.63, 3.8) is 0 Å². The largest absolute Gasteiger partial charge is 0.493 e. The first kappa shape index (κ1) is 17.0. The molecule has 0 fully saturated rings. The zero-order chi connectivity index (χ0) is 17.8. The first-order valence-corrected chi connectivity index (χ1v) is 8.45. The van der Waals surface area contributed by atoms with E-state index in [4.69, 9.17) is 9.84 Å². The summed E-state index contributed by atoms with van der Waals surface area (Å²) in [5.41, 5.74) is 4.23. The van der Waals surface area contributed by atoms with Gasteiger partial charge in [0.25, 0.3) is 0 Å². The molecule has 1 aromatic carbocycles. The highest BCUT2D eigenvalue weighted by Crippen LogP contribution is 2.43. The van der Waals surface area contributed by atoms with E-state index in [2.05, 4.69) is 31.2 Å². The number of aliphatic carboxylic acids is 1. The third-order valence-electron chi connectivity index (χ3n) is 4.54. The summed E-state index contributed by atoms with van der Waals surface area (Å²) in [7, 11) is 0. The summed E-state index contributed by atoms with van der Waals surface area (Å²) in [6.07, 6.45) is 11.3. The fourth-order valence-electron chi connectivity index (χ4n) is 3.38. The minimum atomic E-state index is -0.935. The molecule has 0 saturated heterocycles. The lowest BCUT2D eigenvalue weighted by molar-refractivity contribution is -0.131. The van der Waals surface area contributed by atoms with Crippen LogP contribution in [0.1, 0.15) is 19.4 Å². The summed E-state index contributed by atoms with van der Waals surface area (Å²) in [6.45, 7) is 4.47. The molecule has 2 unspecified atom stereocenters. The second kappa shape index (κ2) is 7.39. The van der Waals surface area contributed by atoms with Crippen LogP contribution in [0.3, 0.4) is 0 Å². The summed E-state index contributed by atoms with van der Waals surface area (Å²) < 4.78 is 5.99. The quantitative estimate of drug-likeness (QED) is 0.638. The Morgan fingerprint density at radius 3 is 2.76 bits per heavy atom. The van der Waals surface area contributed by atoms with E-state index < -0.39 is 5.97 Å². The zero-order valence-corrected chi connectivity index (χ0v) is 14.5. The van der Waals surface area contributed by atoms with E-state index in [9.17, 15) is 4.79 Å². The van der Waals surface area contributed by atoms with Gasteiger partial charge >= 0.3 is 5.97 Å². The fraction of sp³-hybridized carbons (Fsp3) is 0.227. The monoisotopic (exact) mass is 334 g/mol. The lowest BCUT2D eigenvalue weighted by Gasteiger charge is -2.35. The predicted molar refractivity (Wildman–Crippen MR) is 99.7 cm³/mol. The molecule has 1 aliphatic heterocycles. The fourth-order valence-corrected chi connectivity index (χ4v) is 3.38. The van der Waals surface area contributed by atoms with Crippen LogP contribution in [-0.2, 0) is 9.53 Å². The zero-order valence-electron chi connectivity index (χ0n) is 14.5. The predicted octanol–water partition coefficient (Wildman–Crippen LogP) is 4.76. The Morgan fingerprint density at radius 1 is 1.28 bits per heavy atom. The van der Waals surface area contributed by atoms with Crippen LogP contribution in [-0.4, -0.2) is 17.7 Å². The molecule has 3 nitrogen and oxygen atoms in total. The highest BCUT2D eigenvalue weighted by Gasteiger charge is 2.33. The van der Waals surface area contributed by atoms with Crippen molar-refractivity contribution in [2.75, 3.05) is 6.61 Å². The van der Waals surface area contributed by atoms with Crippen LogP contribution in [0, 0.1) is 11.8 Å². The van der Waals surface area contributed by atoms with Crippen molar-refractivity contribution in [1.29, 1.82) is 0 Å². The molecule has 3 rings (SSSR count). The summed E-state index contributed by atoms with van der Waals surface area (Å²) >= 11 is 0. The summed E-state index contributed by atoms with van der Waals surface area (Å²) in [5, 5.41) is 8.88. The number of carboxylic acids is 1. The highest BCUT2D eigenvalue weighted by atomic mass is 16.5. The third kappa shape index (κ3) is 3.82. The van der Waals surface area contributed by atoms with Crippen LogP contribution in [0.2, 0.25) is 0 Å². The number of benzene rings is 1. The Morgan fingerprint density at radius 2 is 2.04 bits per heavy atom. The average molecular weight is 334 g/mol. The van der Waals surface area contributed by atoms with Crippen LogP contribution < -0.4 is 0 Å². The molecule has 1 aliphatic carbocycles. The van der Waals surface area contributed by atoms with Gasteiger partial charge in [-0.2, -0.15) is 0 Å². The van der Waals surface area contributed by atoms with E-state index in [-0.39, 0.29) is 5.92 Å². The second-order valence-corrected chi connectivity index (χ2v) is 6.44. The number of carboxylic acid groups (broad SMARTS) is 1. The van der Waals surface area contributed by atoms with Gasteiger partial charge in [-0.15, -0.1) is 0 Å². The van der Waals surface area contributed by atoms with Gasteiger partial charge in [0.2, 0.25) is 0 Å². The second-order valence-electron chi connectivity index (χ2n) is 6.44. The molecule has 1 heterocycles. The van der Waals surface area contributed by atoms with Crippen molar-refractivity contribution in [2.45, 2.75) is 13.8 Å². The van der Waals surface area contributed by atoms with Gasteiger partial charge in [-0.3, -0.25) is 0 Å². The lowest BCUT2D eigenvalue weighted by Crippen LogP contribution is -2.25. The maximum absolute atomic E-state index is 10.8. The average Bonchev–Trinajstić information content (AvgIpc) is 2.60. The van der Waals surface area contributed by atoms with Crippen molar-refractivity contribution in [3.8, 4) is 0 Å². The van der Waals surface area contributed by atoms with Gasteiger partial charge in [-0.25, -0.2) is 4.79 Å². The number of hydrogen-bond acceptors (Lipinski definition) is 2. The Labute approximate surface area is 148 Å². The molecule has 0 bridgehead atoms. The molecule has 2 atom stereocenters. The van der Waals surface area contributed by atoms with Crippen molar-refractivity contribution in [1.82, 2.24) is 0 Å². The molecule has 0 amide bonds. The number of hydrogen-bond donors (Lipinski definition) is 1. The van der Waals surface area contributed by atoms with E-state index in [0.29, 0.717) is 18.1 Å². The lowest BCUT2D eigenvalue weighted by atomic mass is 9.76. The van der Waals surface area contributed by atoms with Gasteiger partial charge in [-0.05, 0) is 41.2 Å². The van der Waals surface area contributed by atoms with Crippen molar-refractivity contribution in [3.05, 3.63) is 89.3 Å². The summed E-state index contributed by atoms with van der Waals surface area (Å²) in [5.74, 6) is 0.596. The van der Waals surface area contributed by atoms with Crippen molar-refractivity contribution >= 4 is 11.5 Å². The number of allylic oxidation sites excluding steroid dienone is 6. The maximum atomic E-state index is 10.8. The molecule has 3 heteroatoms. The first-order valence-electron chi connectivity index (χ1n) is 8.45. The molecular weight excluding hydrogens is 312 g/mol. The van der Waals surface area contributed by atoms with Crippen molar-refractivity contribution in [2.24, 2.45) is 11.8 Å². The van der Waals surface area contributed by atoms with E-state index in [1.165, 1.54) is 17.2 Å². The highest BCUT2D eigenvalue weighted by molar-refractivity contribution is 5.81. The first-order chi connectivity index (χ1) is 12.1. The number of ether oxygens (including phenoxy) is 1. The van der Waals surface area contributed by atoms with Crippen LogP contribution in [0.4, 0.5) is 0 Å². The Balaban J connectivity index is 2.07. The molecular formula is C22H22O3. The Hall–Kier alpha value is -2.81. The van der Waals surface area contributed by atoms with Crippen molar-refractivity contribution < 1.29 is 14.6 Å². The number of rotatable bonds is 4. The SMILES string of the molecule is CC(/C=C/C1=C(c2ccccc2)C2C(=CC=CC2C)OC1)=C\C(=O)O. The Bertz CT molecular complexity index is 807. The molecule has 1 aromatic rings. The van der Waals surface area contributed by atoms with Gasteiger partial charge in [-0.1, -0.05) is 61.6 Å². The molecule has 0 spiro atoms. The van der Waals surface area contributed by atoms with E-state index in [0.717, 1.165) is 11.3 Å². The molecule has 25 heavy (non-hydrogen) atoms. The van der Waals surface area contributed by atoms with Crippen LogP contribution in [0.25, 0.3) is 5.57 Å². The van der Waals surface area contributed by atoms with Gasteiger partial charge in [0.15, 0.2) is 0 Å². The van der Waals surface area contributed by atoms with Gasteiger partial charge in [0.05, 0.1) is 0 Å². The molecule has 2 aliphatic rings. The Kier molecular flexibility index (Phi) is 5.03. The standard InChI is InChI=1S/C22H22O3/c1-15(13-20(23)24)11-12-18-14-25-19-10-6-7-16(2)21(19)22(18)17-8-4-3-5-9-17/h3-13,16,21H,14H2,1-2H3,(H,23,24)/b12-11+,15-13+. The van der Waals surface area contributed by atoms with Crippen LogP contribution >= 0.6 is 0 Å². The summed E-state index contributed by atoms with van der Waals surface area (Å²) in [4.78, 5) is 10.8. The van der Waals surface area contributed by atoms with E-state index >= 15 is 0 Å². The van der Waals surface area contributed by atoms with Gasteiger partial charge < -0.3 is 9.84 Å². The summed E-state index contributed by atoms with van der Waals surface area (Å²) in [6, 6.07) is 10.3. The minimum absolute atomic E-state index is 0.185.